The molecule has 0 amide bonds. The van der Waals surface area contributed by atoms with Gasteiger partial charge in [-0.3, -0.25) is 9.59 Å². The minimum absolute atomic E-state index is 0.0487. The number of aromatic hydroxyl groups is 2. The van der Waals surface area contributed by atoms with Crippen molar-refractivity contribution >= 4 is 21.9 Å². The number of fused-ring (bicyclic) bond motifs is 2. The minimum Gasteiger partial charge on any atom is -0.508 e. The van der Waals surface area contributed by atoms with Gasteiger partial charge in [-0.2, -0.15) is 0 Å². The second-order valence-electron chi connectivity index (χ2n) is 8.36. The van der Waals surface area contributed by atoms with Gasteiger partial charge in [0.15, 0.2) is 0 Å². The number of phenolic OH excluding ortho intramolecular Hbond substituents is 2. The molecule has 0 aliphatic heterocycles. The first-order valence-corrected chi connectivity index (χ1v) is 11.2. The van der Waals surface area contributed by atoms with Crippen molar-refractivity contribution in [3.8, 4) is 45.3 Å². The van der Waals surface area contributed by atoms with E-state index < -0.39 is 10.9 Å². The maximum Gasteiger partial charge on any atom is 0.201 e. The van der Waals surface area contributed by atoms with Crippen LogP contribution >= 0.6 is 0 Å². The molecule has 2 heterocycles. The third-order valence-electron chi connectivity index (χ3n) is 6.07. The van der Waals surface area contributed by atoms with Gasteiger partial charge in [-0.25, -0.2) is 0 Å². The summed E-state index contributed by atoms with van der Waals surface area (Å²) in [6.45, 7) is 0. The maximum absolute atomic E-state index is 14.0. The average Bonchev–Trinajstić information content (AvgIpc) is 2.90. The van der Waals surface area contributed by atoms with Gasteiger partial charge in [0.1, 0.15) is 34.2 Å². The fourth-order valence-corrected chi connectivity index (χ4v) is 4.40. The molecular formula is C30H18O6. The Bertz CT molecular complexity index is 1740. The highest BCUT2D eigenvalue weighted by atomic mass is 16.3. The van der Waals surface area contributed by atoms with E-state index in [1.807, 2.05) is 12.1 Å². The van der Waals surface area contributed by atoms with Gasteiger partial charge in [-0.1, -0.05) is 60.7 Å². The van der Waals surface area contributed by atoms with Crippen LogP contribution in [0.5, 0.6) is 11.5 Å². The summed E-state index contributed by atoms with van der Waals surface area (Å²) in [5.41, 5.74) is 0.801. The highest BCUT2D eigenvalue weighted by Gasteiger charge is 2.26. The quantitative estimate of drug-likeness (QED) is 0.312. The normalized spacial score (nSPS) is 11.2. The van der Waals surface area contributed by atoms with Crippen molar-refractivity contribution in [2.75, 3.05) is 0 Å². The van der Waals surface area contributed by atoms with E-state index in [0.717, 1.165) is 0 Å². The molecule has 0 unspecified atom stereocenters. The average molecular weight is 474 g/mol. The van der Waals surface area contributed by atoms with E-state index in [2.05, 4.69) is 0 Å². The van der Waals surface area contributed by atoms with Crippen LogP contribution in [0, 0.1) is 0 Å². The van der Waals surface area contributed by atoms with Crippen LogP contribution in [0.2, 0.25) is 0 Å². The lowest BCUT2D eigenvalue weighted by Crippen LogP contribution is -2.15. The Morgan fingerprint density at radius 2 is 0.889 bits per heavy atom. The van der Waals surface area contributed by atoms with Crippen molar-refractivity contribution in [3.05, 3.63) is 118 Å². The third kappa shape index (κ3) is 3.44. The van der Waals surface area contributed by atoms with Gasteiger partial charge in [0.2, 0.25) is 10.9 Å². The Morgan fingerprint density at radius 3 is 1.28 bits per heavy atom. The molecule has 0 bridgehead atoms. The van der Waals surface area contributed by atoms with E-state index in [9.17, 15) is 19.8 Å². The smallest absolute Gasteiger partial charge is 0.201 e. The molecule has 0 saturated carbocycles. The van der Waals surface area contributed by atoms with Crippen LogP contribution < -0.4 is 10.9 Å². The molecule has 4 aromatic carbocycles. The van der Waals surface area contributed by atoms with Crippen molar-refractivity contribution in [2.24, 2.45) is 0 Å². The summed E-state index contributed by atoms with van der Waals surface area (Å²) in [7, 11) is 0. The zero-order valence-electron chi connectivity index (χ0n) is 18.8. The first kappa shape index (κ1) is 21.4. The van der Waals surface area contributed by atoms with Gasteiger partial charge in [-0.05, 0) is 24.3 Å². The molecule has 36 heavy (non-hydrogen) atoms. The molecule has 2 N–H and O–H groups in total. The Balaban J connectivity index is 1.83. The summed E-state index contributed by atoms with van der Waals surface area (Å²) in [4.78, 5) is 28.0. The van der Waals surface area contributed by atoms with E-state index in [4.69, 9.17) is 8.83 Å². The van der Waals surface area contributed by atoms with E-state index in [1.165, 1.54) is 36.4 Å². The highest BCUT2D eigenvalue weighted by Crippen LogP contribution is 2.38. The molecule has 0 aliphatic rings. The van der Waals surface area contributed by atoms with E-state index in [-0.39, 0.29) is 56.1 Å². The van der Waals surface area contributed by atoms with Gasteiger partial charge >= 0.3 is 0 Å². The lowest BCUT2D eigenvalue weighted by atomic mass is 9.94. The van der Waals surface area contributed by atoms with Crippen molar-refractivity contribution in [1.82, 2.24) is 0 Å². The summed E-state index contributed by atoms with van der Waals surface area (Å²) in [6.07, 6.45) is 0. The van der Waals surface area contributed by atoms with Crippen LogP contribution in [-0.4, -0.2) is 10.2 Å². The maximum atomic E-state index is 14.0. The molecule has 0 spiro atoms. The minimum atomic E-state index is -0.433. The Labute approximate surface area is 203 Å². The predicted octanol–water partition coefficient (Wildman–Crippen LogP) is 6.31. The molecule has 0 fully saturated rings. The Kier molecular flexibility index (Phi) is 4.93. The first-order chi connectivity index (χ1) is 17.5. The van der Waals surface area contributed by atoms with Crippen LogP contribution in [0.3, 0.4) is 0 Å². The topological polar surface area (TPSA) is 101 Å². The molecule has 6 rings (SSSR count). The lowest BCUT2D eigenvalue weighted by molar-refractivity contribution is 0.473. The van der Waals surface area contributed by atoms with E-state index in [1.54, 1.807) is 48.5 Å². The first-order valence-electron chi connectivity index (χ1n) is 11.2. The van der Waals surface area contributed by atoms with Crippen molar-refractivity contribution < 1.29 is 19.0 Å². The number of phenols is 2. The zero-order valence-corrected chi connectivity index (χ0v) is 18.8. The molecule has 2 aromatic heterocycles. The molecular weight excluding hydrogens is 456 g/mol. The van der Waals surface area contributed by atoms with Crippen molar-refractivity contribution in [1.29, 1.82) is 0 Å². The van der Waals surface area contributed by atoms with E-state index >= 15 is 0 Å². The molecule has 6 heteroatoms. The summed E-state index contributed by atoms with van der Waals surface area (Å²) < 4.78 is 12.4. The number of hydrogen-bond donors (Lipinski definition) is 2. The standard InChI is InChI=1S/C30H18O6/c31-19-11-13-21-23(15-19)35-29(17-7-3-1-4-8-17)25(27(21)33)26-28(34)22-14-12-20(32)16-24(22)36-30(26)18-9-5-2-6-10-18/h1-16,31-32H. The van der Waals surface area contributed by atoms with Crippen LogP contribution in [0.15, 0.2) is 115 Å². The van der Waals surface area contributed by atoms with Crippen molar-refractivity contribution in [3.63, 3.8) is 0 Å². The zero-order chi connectivity index (χ0) is 24.8. The summed E-state index contributed by atoms with van der Waals surface area (Å²) in [5.74, 6) is 0.266. The Hall–Kier alpha value is -5.10. The van der Waals surface area contributed by atoms with E-state index in [0.29, 0.717) is 11.1 Å². The van der Waals surface area contributed by atoms with Crippen molar-refractivity contribution in [2.45, 2.75) is 0 Å². The number of rotatable bonds is 3. The van der Waals surface area contributed by atoms with Gasteiger partial charge < -0.3 is 19.0 Å². The van der Waals surface area contributed by atoms with Gasteiger partial charge in [0.05, 0.1) is 21.9 Å². The SMILES string of the molecule is O=c1c(-c2c(-c3ccccc3)oc3cc(O)ccc3c2=O)c(-c2ccccc2)oc2cc(O)ccc12. The molecule has 0 radical (unpaired) electrons. The molecule has 174 valence electrons. The van der Waals surface area contributed by atoms with Crippen LogP contribution in [0.1, 0.15) is 0 Å². The molecule has 6 aromatic rings. The highest BCUT2D eigenvalue weighted by molar-refractivity contribution is 5.96. The van der Waals surface area contributed by atoms with Gasteiger partial charge in [0.25, 0.3) is 0 Å². The molecule has 0 aliphatic carbocycles. The number of hydrogen-bond acceptors (Lipinski definition) is 6. The molecule has 0 saturated heterocycles. The Morgan fingerprint density at radius 1 is 0.500 bits per heavy atom. The summed E-state index contributed by atoms with van der Waals surface area (Å²) >= 11 is 0. The van der Waals surface area contributed by atoms with Crippen LogP contribution in [-0.2, 0) is 0 Å². The van der Waals surface area contributed by atoms with Gasteiger partial charge in [-0.15, -0.1) is 0 Å². The van der Waals surface area contributed by atoms with Gasteiger partial charge in [0, 0.05) is 23.3 Å². The monoisotopic (exact) mass is 474 g/mol. The fraction of sp³-hybridized carbons (Fsp3) is 0. The fourth-order valence-electron chi connectivity index (χ4n) is 4.40. The summed E-state index contributed by atoms with van der Waals surface area (Å²) in [5, 5.41) is 20.4. The largest absolute Gasteiger partial charge is 0.508 e. The third-order valence-corrected chi connectivity index (χ3v) is 6.07. The second kappa shape index (κ2) is 8.29. The molecule has 0 atom stereocenters. The second-order valence-corrected chi connectivity index (χ2v) is 8.36. The summed E-state index contributed by atoms with van der Waals surface area (Å²) in [6, 6.07) is 26.5. The number of benzene rings is 4. The molecule has 6 nitrogen and oxygen atoms in total. The van der Waals surface area contributed by atoms with Crippen LogP contribution in [0.4, 0.5) is 0 Å². The van der Waals surface area contributed by atoms with Crippen LogP contribution in [0.25, 0.3) is 55.7 Å². The predicted molar refractivity (Wildman–Crippen MR) is 138 cm³/mol. The lowest BCUT2D eigenvalue weighted by Gasteiger charge is -2.14.